The Labute approximate surface area is 107 Å². The number of nitrogen functional groups attached to an aromatic ring is 1. The normalized spacial score (nSPS) is 10.7. The molecule has 94 valence electrons. The minimum absolute atomic E-state index is 0.147. The van der Waals surface area contributed by atoms with Crippen molar-refractivity contribution in [3.8, 4) is 0 Å². The van der Waals surface area contributed by atoms with Gasteiger partial charge < -0.3 is 10.2 Å². The van der Waals surface area contributed by atoms with Gasteiger partial charge in [0.25, 0.3) is 0 Å². The first-order valence-electron chi connectivity index (χ1n) is 5.66. The predicted molar refractivity (Wildman–Crippen MR) is 71.1 cm³/mol. The van der Waals surface area contributed by atoms with Crippen LogP contribution in [0.2, 0.25) is 0 Å². The van der Waals surface area contributed by atoms with E-state index < -0.39 is 5.76 Å². The third kappa shape index (κ3) is 2.01. The Morgan fingerprint density at radius 1 is 1.05 bits per heavy atom. The van der Waals surface area contributed by atoms with Crippen molar-refractivity contribution >= 4 is 22.6 Å². The van der Waals surface area contributed by atoms with E-state index in [9.17, 15) is 9.59 Å². The number of hydrogen-bond acceptors (Lipinski definition) is 4. The number of nitrogens with two attached hydrogens (primary N) is 1. The Morgan fingerprint density at radius 3 is 2.47 bits per heavy atom. The number of H-pyrrole nitrogens is 1. The van der Waals surface area contributed by atoms with Crippen molar-refractivity contribution in [2.45, 2.75) is 0 Å². The number of fused-ring (bicyclic) bond motifs is 1. The van der Waals surface area contributed by atoms with Crippen molar-refractivity contribution in [2.75, 3.05) is 5.73 Å². The Kier molecular flexibility index (Phi) is 2.45. The van der Waals surface area contributed by atoms with E-state index in [2.05, 4.69) is 4.98 Å². The molecule has 0 saturated heterocycles. The zero-order valence-corrected chi connectivity index (χ0v) is 9.84. The molecule has 5 nitrogen and oxygen atoms in total. The molecule has 3 N–H and O–H groups in total. The molecule has 0 saturated carbocycles. The van der Waals surface area contributed by atoms with Crippen LogP contribution in [0.25, 0.3) is 11.1 Å². The molecule has 0 aliphatic heterocycles. The molecule has 0 radical (unpaired) electrons. The van der Waals surface area contributed by atoms with Gasteiger partial charge in [0, 0.05) is 16.8 Å². The lowest BCUT2D eigenvalue weighted by Gasteiger charge is -2.01. The summed E-state index contributed by atoms with van der Waals surface area (Å²) in [5, 5.41) is 0. The first-order valence-corrected chi connectivity index (χ1v) is 5.66. The molecule has 0 amide bonds. The van der Waals surface area contributed by atoms with Crippen LogP contribution in [-0.4, -0.2) is 10.8 Å². The second kappa shape index (κ2) is 4.13. The molecular weight excluding hydrogens is 244 g/mol. The van der Waals surface area contributed by atoms with Crippen LogP contribution in [0.5, 0.6) is 0 Å². The molecule has 1 aromatic heterocycles. The van der Waals surface area contributed by atoms with Gasteiger partial charge in [0.15, 0.2) is 11.4 Å². The van der Waals surface area contributed by atoms with Crippen LogP contribution in [0.1, 0.15) is 15.9 Å². The van der Waals surface area contributed by atoms with E-state index >= 15 is 0 Å². The summed E-state index contributed by atoms with van der Waals surface area (Å²) in [7, 11) is 0. The number of aromatic amines is 1. The van der Waals surface area contributed by atoms with Crippen LogP contribution in [-0.2, 0) is 0 Å². The van der Waals surface area contributed by atoms with Gasteiger partial charge in [-0.2, -0.15) is 0 Å². The minimum Gasteiger partial charge on any atom is -0.408 e. The molecular formula is C14H10N2O3. The van der Waals surface area contributed by atoms with Crippen LogP contribution in [0.3, 0.4) is 0 Å². The standard InChI is InChI=1S/C14H10N2O3/c15-10-4-1-8(2-5-10)13(17)9-3-6-11-12(7-9)19-14(18)16-11/h1-7H,15H2,(H,16,18). The van der Waals surface area contributed by atoms with Crippen LogP contribution in [0.15, 0.2) is 51.7 Å². The van der Waals surface area contributed by atoms with Gasteiger partial charge in [0.05, 0.1) is 5.52 Å². The Hall–Kier alpha value is -2.82. The Balaban J connectivity index is 2.05. The van der Waals surface area contributed by atoms with Crippen molar-refractivity contribution in [3.05, 3.63) is 64.1 Å². The third-order valence-corrected chi connectivity index (χ3v) is 2.86. The highest BCUT2D eigenvalue weighted by atomic mass is 16.4. The maximum Gasteiger partial charge on any atom is 0.417 e. The molecule has 5 heteroatoms. The fourth-order valence-corrected chi connectivity index (χ4v) is 1.89. The summed E-state index contributed by atoms with van der Waals surface area (Å²) in [6, 6.07) is 11.5. The van der Waals surface area contributed by atoms with E-state index in [0.717, 1.165) is 0 Å². The molecule has 3 aromatic rings. The van der Waals surface area contributed by atoms with Gasteiger partial charge in [-0.25, -0.2) is 4.79 Å². The van der Waals surface area contributed by atoms with Gasteiger partial charge in [0.2, 0.25) is 0 Å². The molecule has 1 heterocycles. The van der Waals surface area contributed by atoms with Crippen molar-refractivity contribution in [3.63, 3.8) is 0 Å². The Morgan fingerprint density at radius 2 is 1.74 bits per heavy atom. The summed E-state index contributed by atoms with van der Waals surface area (Å²) in [6.07, 6.45) is 0. The number of nitrogens with one attached hydrogen (secondary N) is 1. The second-order valence-electron chi connectivity index (χ2n) is 4.18. The topological polar surface area (TPSA) is 89.1 Å². The minimum atomic E-state index is -0.535. The molecule has 0 atom stereocenters. The van der Waals surface area contributed by atoms with Crippen LogP contribution < -0.4 is 11.5 Å². The molecule has 0 aliphatic carbocycles. The molecule has 0 aliphatic rings. The van der Waals surface area contributed by atoms with Crippen LogP contribution in [0, 0.1) is 0 Å². The highest BCUT2D eigenvalue weighted by molar-refractivity contribution is 6.10. The summed E-state index contributed by atoms with van der Waals surface area (Å²) >= 11 is 0. The first kappa shape index (κ1) is 11.3. The summed E-state index contributed by atoms with van der Waals surface area (Å²) < 4.78 is 4.93. The number of aromatic nitrogens is 1. The fraction of sp³-hybridized carbons (Fsp3) is 0. The molecule has 0 unspecified atom stereocenters. The fourth-order valence-electron chi connectivity index (χ4n) is 1.89. The second-order valence-corrected chi connectivity index (χ2v) is 4.18. The van der Waals surface area contributed by atoms with E-state index in [0.29, 0.717) is 27.9 Å². The van der Waals surface area contributed by atoms with Crippen molar-refractivity contribution in [1.82, 2.24) is 4.98 Å². The van der Waals surface area contributed by atoms with Gasteiger partial charge in [-0.1, -0.05) is 0 Å². The summed E-state index contributed by atoms with van der Waals surface area (Å²) in [5.74, 6) is -0.683. The van der Waals surface area contributed by atoms with E-state index in [1.807, 2.05) is 0 Å². The SMILES string of the molecule is Nc1ccc(C(=O)c2ccc3[nH]c(=O)oc3c2)cc1. The average Bonchev–Trinajstić information content (AvgIpc) is 2.77. The quantitative estimate of drug-likeness (QED) is 0.540. The molecule has 0 spiro atoms. The molecule has 19 heavy (non-hydrogen) atoms. The summed E-state index contributed by atoms with van der Waals surface area (Å²) in [4.78, 5) is 25.8. The van der Waals surface area contributed by atoms with Crippen molar-refractivity contribution in [1.29, 1.82) is 0 Å². The smallest absolute Gasteiger partial charge is 0.408 e. The van der Waals surface area contributed by atoms with E-state index in [-0.39, 0.29) is 5.78 Å². The number of anilines is 1. The number of benzene rings is 2. The van der Waals surface area contributed by atoms with E-state index in [4.69, 9.17) is 10.2 Å². The van der Waals surface area contributed by atoms with E-state index in [1.54, 1.807) is 42.5 Å². The largest absolute Gasteiger partial charge is 0.417 e. The third-order valence-electron chi connectivity index (χ3n) is 2.86. The number of ketones is 1. The molecule has 0 fully saturated rings. The highest BCUT2D eigenvalue weighted by Gasteiger charge is 2.11. The Bertz CT molecular complexity index is 813. The number of carbonyl (C=O) groups is 1. The zero-order valence-electron chi connectivity index (χ0n) is 9.84. The number of carbonyl (C=O) groups excluding carboxylic acids is 1. The maximum absolute atomic E-state index is 12.2. The lowest BCUT2D eigenvalue weighted by atomic mass is 10.0. The van der Waals surface area contributed by atoms with E-state index in [1.165, 1.54) is 0 Å². The number of hydrogen-bond donors (Lipinski definition) is 2. The summed E-state index contributed by atoms with van der Waals surface area (Å²) in [6.45, 7) is 0. The number of oxazole rings is 1. The molecule has 0 bridgehead atoms. The lowest BCUT2D eigenvalue weighted by molar-refractivity contribution is 0.103. The van der Waals surface area contributed by atoms with Gasteiger partial charge in [-0.15, -0.1) is 0 Å². The zero-order chi connectivity index (χ0) is 13.4. The maximum atomic E-state index is 12.2. The van der Waals surface area contributed by atoms with Gasteiger partial charge in [-0.3, -0.25) is 9.78 Å². The van der Waals surface area contributed by atoms with Gasteiger partial charge in [-0.05, 0) is 42.5 Å². The monoisotopic (exact) mass is 254 g/mol. The average molecular weight is 254 g/mol. The predicted octanol–water partition coefficient (Wildman–Crippen LogP) is 1.93. The van der Waals surface area contributed by atoms with Gasteiger partial charge in [0.1, 0.15) is 0 Å². The summed E-state index contributed by atoms with van der Waals surface area (Å²) in [5.41, 5.74) is 8.11. The van der Waals surface area contributed by atoms with Crippen molar-refractivity contribution < 1.29 is 9.21 Å². The lowest BCUT2D eigenvalue weighted by Crippen LogP contribution is -2.01. The molecule has 2 aromatic carbocycles. The van der Waals surface area contributed by atoms with Crippen LogP contribution >= 0.6 is 0 Å². The first-order chi connectivity index (χ1) is 9.13. The van der Waals surface area contributed by atoms with Crippen molar-refractivity contribution in [2.24, 2.45) is 0 Å². The highest BCUT2D eigenvalue weighted by Crippen LogP contribution is 2.16. The van der Waals surface area contributed by atoms with Crippen LogP contribution in [0.4, 0.5) is 5.69 Å². The van der Waals surface area contributed by atoms with Gasteiger partial charge >= 0.3 is 5.76 Å². The molecule has 3 rings (SSSR count). The number of rotatable bonds is 2.